The van der Waals surface area contributed by atoms with Crippen molar-refractivity contribution in [2.75, 3.05) is 18.8 Å². The number of benzene rings is 1. The molecule has 0 aliphatic carbocycles. The van der Waals surface area contributed by atoms with Crippen molar-refractivity contribution in [3.63, 3.8) is 0 Å². The summed E-state index contributed by atoms with van der Waals surface area (Å²) >= 11 is 13.6. The maximum absolute atomic E-state index is 12.2. The fourth-order valence-electron chi connectivity index (χ4n) is 2.52. The zero-order valence-electron chi connectivity index (χ0n) is 12.9. The normalized spacial score (nSPS) is 21.9. The first-order valence-corrected chi connectivity index (χ1v) is 9.31. The molecule has 0 aromatic heterocycles. The van der Waals surface area contributed by atoms with Gasteiger partial charge in [-0.05, 0) is 31.5 Å². The van der Waals surface area contributed by atoms with Gasteiger partial charge in [-0.25, -0.2) is 0 Å². The number of carbonyl (C=O) groups is 1. The Morgan fingerprint density at radius 2 is 1.95 bits per heavy atom. The summed E-state index contributed by atoms with van der Waals surface area (Å²) in [4.78, 5) is 14.1. The van der Waals surface area contributed by atoms with Crippen LogP contribution in [-0.4, -0.2) is 41.9 Å². The van der Waals surface area contributed by atoms with Crippen LogP contribution in [0.3, 0.4) is 0 Å². The van der Waals surface area contributed by atoms with Crippen molar-refractivity contribution >= 4 is 40.9 Å². The van der Waals surface area contributed by atoms with Gasteiger partial charge in [-0.3, -0.25) is 4.79 Å². The highest BCUT2D eigenvalue weighted by Gasteiger charge is 2.25. The van der Waals surface area contributed by atoms with Crippen LogP contribution < -0.4 is 0 Å². The summed E-state index contributed by atoms with van der Waals surface area (Å²) < 4.78 is 5.65. The van der Waals surface area contributed by atoms with Crippen LogP contribution in [0.25, 0.3) is 0 Å². The van der Waals surface area contributed by atoms with E-state index in [1.54, 1.807) is 17.8 Å². The van der Waals surface area contributed by atoms with Crippen LogP contribution >= 0.6 is 35.0 Å². The quantitative estimate of drug-likeness (QED) is 0.734. The predicted octanol–water partition coefficient (Wildman–Crippen LogP) is 4.25. The molecule has 0 spiro atoms. The summed E-state index contributed by atoms with van der Waals surface area (Å²) in [6.07, 6.45) is 0.805. The summed E-state index contributed by atoms with van der Waals surface area (Å²) in [5, 5.41) is 1.15. The fraction of sp³-hybridized carbons (Fsp3) is 0.562. The Hall–Kier alpha value is -0.420. The minimum absolute atomic E-state index is 0.122. The fourth-order valence-corrected chi connectivity index (χ4v) is 3.72. The smallest absolute Gasteiger partial charge is 0.223 e. The Balaban J connectivity index is 1.71. The first-order chi connectivity index (χ1) is 10.5. The van der Waals surface area contributed by atoms with Gasteiger partial charge in [0.1, 0.15) is 0 Å². The number of ether oxygens (including phenoxy) is 1. The summed E-state index contributed by atoms with van der Waals surface area (Å²) in [7, 11) is 0. The molecule has 2 rings (SSSR count). The van der Waals surface area contributed by atoms with Crippen LogP contribution in [-0.2, 0) is 15.3 Å². The molecule has 1 amide bonds. The van der Waals surface area contributed by atoms with Crippen molar-refractivity contribution in [3.8, 4) is 0 Å². The lowest BCUT2D eigenvalue weighted by Gasteiger charge is -2.35. The van der Waals surface area contributed by atoms with Crippen molar-refractivity contribution in [2.24, 2.45) is 0 Å². The highest BCUT2D eigenvalue weighted by atomic mass is 35.5. The van der Waals surface area contributed by atoms with Gasteiger partial charge >= 0.3 is 0 Å². The van der Waals surface area contributed by atoms with Crippen LogP contribution in [0.5, 0.6) is 0 Å². The molecule has 1 fully saturated rings. The Bertz CT molecular complexity index is 517. The zero-order valence-corrected chi connectivity index (χ0v) is 15.2. The van der Waals surface area contributed by atoms with Gasteiger partial charge in [-0.2, -0.15) is 11.8 Å². The molecule has 0 radical (unpaired) electrons. The van der Waals surface area contributed by atoms with Crippen LogP contribution in [0.2, 0.25) is 10.0 Å². The summed E-state index contributed by atoms with van der Waals surface area (Å²) in [5.74, 6) is 1.85. The average molecular weight is 362 g/mol. The van der Waals surface area contributed by atoms with Crippen LogP contribution in [0.15, 0.2) is 18.2 Å². The molecule has 0 unspecified atom stereocenters. The van der Waals surface area contributed by atoms with Crippen molar-refractivity contribution in [2.45, 2.75) is 38.2 Å². The summed E-state index contributed by atoms with van der Waals surface area (Å²) in [6, 6.07) is 5.65. The second-order valence-electron chi connectivity index (χ2n) is 5.61. The molecule has 1 aliphatic heterocycles. The van der Waals surface area contributed by atoms with Crippen LogP contribution in [0.1, 0.15) is 25.8 Å². The van der Waals surface area contributed by atoms with Crippen LogP contribution in [0, 0.1) is 0 Å². The molecule has 1 aromatic rings. The SMILES string of the molecule is C[C@H]1CN(C(=O)CCSCc2ccc(Cl)c(Cl)c2)C[C@H](C)O1. The lowest BCUT2D eigenvalue weighted by molar-refractivity contribution is -0.142. The minimum atomic E-state index is 0.122. The molecular formula is C16H21Cl2NO2S. The lowest BCUT2D eigenvalue weighted by Crippen LogP contribution is -2.48. The van der Waals surface area contributed by atoms with Gasteiger partial charge in [0.25, 0.3) is 0 Å². The van der Waals surface area contributed by atoms with Gasteiger partial charge in [0, 0.05) is 31.0 Å². The monoisotopic (exact) mass is 361 g/mol. The molecule has 1 aromatic carbocycles. The van der Waals surface area contributed by atoms with E-state index in [-0.39, 0.29) is 18.1 Å². The molecule has 6 heteroatoms. The summed E-state index contributed by atoms with van der Waals surface area (Å²) in [6.45, 7) is 5.41. The number of hydrogen-bond acceptors (Lipinski definition) is 3. The molecule has 122 valence electrons. The summed E-state index contributed by atoms with van der Waals surface area (Å²) in [5.41, 5.74) is 1.13. The van der Waals surface area contributed by atoms with Crippen molar-refractivity contribution in [1.82, 2.24) is 4.90 Å². The molecule has 22 heavy (non-hydrogen) atoms. The van der Waals surface area contributed by atoms with E-state index >= 15 is 0 Å². The Labute approximate surface area is 146 Å². The van der Waals surface area contributed by atoms with E-state index in [9.17, 15) is 4.79 Å². The second-order valence-corrected chi connectivity index (χ2v) is 7.53. The number of morpholine rings is 1. The van der Waals surface area contributed by atoms with Crippen LogP contribution in [0.4, 0.5) is 0 Å². The van der Waals surface area contributed by atoms with E-state index in [1.807, 2.05) is 30.9 Å². The van der Waals surface area contributed by atoms with Gasteiger partial charge in [-0.1, -0.05) is 29.3 Å². The maximum atomic E-state index is 12.2. The number of hydrogen-bond donors (Lipinski definition) is 0. The van der Waals surface area contributed by atoms with E-state index in [0.717, 1.165) is 17.1 Å². The number of thioether (sulfide) groups is 1. The predicted molar refractivity (Wildman–Crippen MR) is 93.8 cm³/mol. The molecule has 0 N–H and O–H groups in total. The van der Waals surface area contributed by atoms with E-state index in [1.165, 1.54) is 0 Å². The first kappa shape index (κ1) is 17.9. The van der Waals surface area contributed by atoms with Gasteiger partial charge in [0.05, 0.1) is 22.3 Å². The molecule has 3 nitrogen and oxygen atoms in total. The molecule has 0 bridgehead atoms. The Morgan fingerprint density at radius 3 is 2.59 bits per heavy atom. The third-order valence-corrected chi connectivity index (χ3v) is 5.25. The molecule has 1 heterocycles. The van der Waals surface area contributed by atoms with Gasteiger partial charge in [0.15, 0.2) is 0 Å². The highest BCUT2D eigenvalue weighted by Crippen LogP contribution is 2.25. The van der Waals surface area contributed by atoms with Gasteiger partial charge in [0.2, 0.25) is 5.91 Å². The second kappa shape index (κ2) is 8.44. The van der Waals surface area contributed by atoms with Gasteiger partial charge < -0.3 is 9.64 Å². The van der Waals surface area contributed by atoms with Gasteiger partial charge in [-0.15, -0.1) is 0 Å². The van der Waals surface area contributed by atoms with Crippen molar-refractivity contribution in [3.05, 3.63) is 33.8 Å². The third kappa shape index (κ3) is 5.34. The molecule has 2 atom stereocenters. The molecule has 0 saturated carbocycles. The minimum Gasteiger partial charge on any atom is -0.372 e. The van der Waals surface area contributed by atoms with E-state index in [4.69, 9.17) is 27.9 Å². The third-order valence-electron chi connectivity index (χ3n) is 3.49. The number of carbonyl (C=O) groups excluding carboxylic acids is 1. The molecule has 1 aliphatic rings. The average Bonchev–Trinajstić information content (AvgIpc) is 2.46. The van der Waals surface area contributed by atoms with E-state index in [0.29, 0.717) is 29.6 Å². The topological polar surface area (TPSA) is 29.5 Å². The number of halogens is 2. The number of nitrogens with zero attached hydrogens (tertiary/aromatic N) is 1. The zero-order chi connectivity index (χ0) is 16.1. The van der Waals surface area contributed by atoms with Crippen molar-refractivity contribution < 1.29 is 9.53 Å². The Kier molecular flexibility index (Phi) is 6.87. The van der Waals surface area contributed by atoms with Crippen molar-refractivity contribution in [1.29, 1.82) is 0 Å². The largest absolute Gasteiger partial charge is 0.372 e. The maximum Gasteiger partial charge on any atom is 0.223 e. The van der Waals surface area contributed by atoms with E-state index in [2.05, 4.69) is 0 Å². The number of amides is 1. The molecule has 1 saturated heterocycles. The van der Waals surface area contributed by atoms with E-state index < -0.39 is 0 Å². The first-order valence-electron chi connectivity index (χ1n) is 7.40. The lowest BCUT2D eigenvalue weighted by atomic mass is 10.2. The highest BCUT2D eigenvalue weighted by molar-refractivity contribution is 7.98. The standard InChI is InChI=1S/C16H21Cl2NO2S/c1-11-8-19(9-12(2)21-11)16(20)5-6-22-10-13-3-4-14(17)15(18)7-13/h3-4,7,11-12H,5-6,8-10H2,1-2H3/t11-,12-/m0/s1. The molecular weight excluding hydrogens is 341 g/mol. The number of rotatable bonds is 5. The Morgan fingerprint density at radius 1 is 1.27 bits per heavy atom.